The number of nitrogens with one attached hydrogen (secondary N) is 1. The van der Waals surface area contributed by atoms with Crippen molar-refractivity contribution in [2.24, 2.45) is 0 Å². The first-order chi connectivity index (χ1) is 10.2. The van der Waals surface area contributed by atoms with E-state index >= 15 is 0 Å². The first-order valence-electron chi connectivity index (χ1n) is 9.41. The van der Waals surface area contributed by atoms with Crippen LogP contribution in [0.5, 0.6) is 0 Å². The van der Waals surface area contributed by atoms with Gasteiger partial charge in [0.2, 0.25) is 0 Å². The van der Waals surface area contributed by atoms with Crippen molar-refractivity contribution in [1.29, 1.82) is 0 Å². The summed E-state index contributed by atoms with van der Waals surface area (Å²) in [5, 5.41) is 14.6. The molecule has 1 aliphatic rings. The van der Waals surface area contributed by atoms with Crippen LogP contribution in [0.3, 0.4) is 0 Å². The van der Waals surface area contributed by atoms with Gasteiger partial charge in [0.15, 0.2) is 0 Å². The fourth-order valence-electron chi connectivity index (χ4n) is 3.37. The summed E-state index contributed by atoms with van der Waals surface area (Å²) in [4.78, 5) is 2.34. The van der Waals surface area contributed by atoms with Gasteiger partial charge in [0.1, 0.15) is 5.72 Å². The molecule has 0 aromatic rings. The highest BCUT2D eigenvalue weighted by molar-refractivity contribution is 4.83. The smallest absolute Gasteiger partial charge is 0.118 e. The number of nitrogens with zero attached hydrogens (tertiary/aromatic N) is 1. The molecule has 21 heavy (non-hydrogen) atoms. The van der Waals surface area contributed by atoms with E-state index in [-0.39, 0.29) is 0 Å². The van der Waals surface area contributed by atoms with Gasteiger partial charge < -0.3 is 10.4 Å². The van der Waals surface area contributed by atoms with Crippen molar-refractivity contribution in [1.82, 2.24) is 10.2 Å². The molecule has 2 N–H and O–H groups in total. The van der Waals surface area contributed by atoms with Crippen molar-refractivity contribution in [2.75, 3.05) is 26.2 Å². The van der Waals surface area contributed by atoms with Crippen molar-refractivity contribution in [2.45, 2.75) is 90.2 Å². The van der Waals surface area contributed by atoms with Crippen LogP contribution in [0, 0.1) is 0 Å². The normalized spacial score (nSPS) is 19.6. The molecule has 3 heteroatoms. The molecule has 0 saturated carbocycles. The predicted octanol–water partition coefficient (Wildman–Crippen LogP) is 3.91. The van der Waals surface area contributed by atoms with E-state index in [1.807, 2.05) is 0 Å². The maximum atomic E-state index is 11.2. The average molecular weight is 299 g/mol. The molecule has 1 unspecified atom stereocenters. The minimum absolute atomic E-state index is 0.540. The molecule has 1 fully saturated rings. The van der Waals surface area contributed by atoms with Crippen molar-refractivity contribution in [3.63, 3.8) is 0 Å². The Labute approximate surface area is 132 Å². The summed E-state index contributed by atoms with van der Waals surface area (Å²) in [6, 6.07) is 0. The molecule has 0 spiro atoms. The van der Waals surface area contributed by atoms with E-state index in [9.17, 15) is 5.11 Å². The number of unbranched alkanes of at least 4 members (excludes halogenated alkanes) is 7. The Bertz CT molecular complexity index is 241. The molecule has 0 aromatic carbocycles. The molecule has 1 aliphatic heterocycles. The molecule has 0 bridgehead atoms. The molecule has 0 aromatic heterocycles. The Hall–Kier alpha value is -0.120. The molecule has 0 radical (unpaired) electrons. The summed E-state index contributed by atoms with van der Waals surface area (Å²) >= 11 is 0. The first kappa shape index (κ1) is 18.9. The number of rotatable bonds is 12. The van der Waals surface area contributed by atoms with E-state index in [1.165, 1.54) is 57.8 Å². The Morgan fingerprint density at radius 3 is 1.81 bits per heavy atom. The van der Waals surface area contributed by atoms with Gasteiger partial charge in [-0.15, -0.1) is 0 Å². The Morgan fingerprint density at radius 1 is 0.810 bits per heavy atom. The molecule has 0 amide bonds. The van der Waals surface area contributed by atoms with Crippen molar-refractivity contribution >= 4 is 0 Å². The topological polar surface area (TPSA) is 35.5 Å². The zero-order chi connectivity index (χ0) is 15.4. The van der Waals surface area contributed by atoms with Gasteiger partial charge in [0.05, 0.1) is 0 Å². The van der Waals surface area contributed by atoms with Crippen LogP contribution in [-0.2, 0) is 0 Å². The van der Waals surface area contributed by atoms with E-state index in [2.05, 4.69) is 24.1 Å². The summed E-state index contributed by atoms with van der Waals surface area (Å²) in [6.07, 6.45) is 13.3. The van der Waals surface area contributed by atoms with Gasteiger partial charge in [-0.05, 0) is 25.7 Å². The lowest BCUT2D eigenvalue weighted by Gasteiger charge is -2.42. The maximum absolute atomic E-state index is 11.2. The number of piperazine rings is 1. The van der Waals surface area contributed by atoms with Crippen LogP contribution in [0.2, 0.25) is 0 Å². The summed E-state index contributed by atoms with van der Waals surface area (Å²) in [5.41, 5.74) is -0.540. The minimum atomic E-state index is -0.540. The predicted molar refractivity (Wildman–Crippen MR) is 91.5 cm³/mol. The Morgan fingerprint density at radius 2 is 1.29 bits per heavy atom. The number of aliphatic hydroxyl groups is 1. The Kier molecular flexibility index (Phi) is 10.3. The van der Waals surface area contributed by atoms with Gasteiger partial charge in [-0.25, -0.2) is 0 Å². The molecule has 126 valence electrons. The lowest BCUT2D eigenvalue weighted by Crippen LogP contribution is -2.56. The highest BCUT2D eigenvalue weighted by atomic mass is 16.3. The van der Waals surface area contributed by atoms with E-state index in [4.69, 9.17) is 0 Å². The summed E-state index contributed by atoms with van der Waals surface area (Å²) in [7, 11) is 0. The van der Waals surface area contributed by atoms with Crippen LogP contribution in [0.15, 0.2) is 0 Å². The monoisotopic (exact) mass is 298 g/mol. The van der Waals surface area contributed by atoms with Gasteiger partial charge in [0, 0.05) is 26.2 Å². The number of hydrogen-bond donors (Lipinski definition) is 2. The first-order valence-corrected chi connectivity index (χ1v) is 9.41. The average Bonchev–Trinajstić information content (AvgIpc) is 2.52. The highest BCUT2D eigenvalue weighted by Gasteiger charge is 2.33. The molecule has 3 nitrogen and oxygen atoms in total. The molecule has 1 atom stereocenters. The summed E-state index contributed by atoms with van der Waals surface area (Å²) in [6.45, 7) is 8.54. The van der Waals surface area contributed by atoms with Gasteiger partial charge >= 0.3 is 0 Å². The summed E-state index contributed by atoms with van der Waals surface area (Å²) < 4.78 is 0. The highest BCUT2D eigenvalue weighted by Crippen LogP contribution is 2.27. The fraction of sp³-hybridized carbons (Fsp3) is 1.00. The molecule has 1 heterocycles. The maximum Gasteiger partial charge on any atom is 0.118 e. The summed E-state index contributed by atoms with van der Waals surface area (Å²) in [5.74, 6) is 0. The third-order valence-corrected chi connectivity index (χ3v) is 4.82. The third-order valence-electron chi connectivity index (χ3n) is 4.82. The lowest BCUT2D eigenvalue weighted by atomic mass is 9.95. The van der Waals surface area contributed by atoms with Crippen LogP contribution < -0.4 is 5.32 Å². The van der Waals surface area contributed by atoms with Crippen molar-refractivity contribution in [3.05, 3.63) is 0 Å². The minimum Gasteiger partial charge on any atom is -0.376 e. The molecule has 0 aliphatic carbocycles. The van der Waals surface area contributed by atoms with Crippen LogP contribution in [-0.4, -0.2) is 41.9 Å². The van der Waals surface area contributed by atoms with E-state index in [0.717, 1.165) is 39.0 Å². The third kappa shape index (κ3) is 7.62. The van der Waals surface area contributed by atoms with E-state index in [0.29, 0.717) is 0 Å². The van der Waals surface area contributed by atoms with E-state index in [1.54, 1.807) is 0 Å². The fourth-order valence-corrected chi connectivity index (χ4v) is 3.37. The van der Waals surface area contributed by atoms with Crippen LogP contribution in [0.4, 0.5) is 0 Å². The molecule has 1 rings (SSSR count). The lowest BCUT2D eigenvalue weighted by molar-refractivity contribution is -0.127. The van der Waals surface area contributed by atoms with Gasteiger partial charge in [-0.1, -0.05) is 58.8 Å². The zero-order valence-corrected chi connectivity index (χ0v) is 14.5. The zero-order valence-electron chi connectivity index (χ0n) is 14.5. The molecular formula is C18H38N2O. The standard InChI is InChI=1S/C18H38N2O/c1-3-5-7-9-11-13-18(21,12-10-8-6-4-2)20-16-14-19-15-17-20/h19,21H,3-17H2,1-2H3. The van der Waals surface area contributed by atoms with Gasteiger partial charge in [-0.3, -0.25) is 4.90 Å². The van der Waals surface area contributed by atoms with Crippen LogP contribution >= 0.6 is 0 Å². The van der Waals surface area contributed by atoms with Gasteiger partial charge in [0.25, 0.3) is 0 Å². The second-order valence-electron chi connectivity index (χ2n) is 6.69. The van der Waals surface area contributed by atoms with Crippen molar-refractivity contribution < 1.29 is 5.11 Å². The second kappa shape index (κ2) is 11.4. The number of hydrogen-bond acceptors (Lipinski definition) is 3. The molecular weight excluding hydrogens is 260 g/mol. The van der Waals surface area contributed by atoms with E-state index < -0.39 is 5.72 Å². The van der Waals surface area contributed by atoms with Crippen LogP contribution in [0.25, 0.3) is 0 Å². The Balaban J connectivity index is 2.39. The van der Waals surface area contributed by atoms with Crippen LogP contribution in [0.1, 0.15) is 84.5 Å². The SMILES string of the molecule is CCCCCCCC(O)(CCCCCC)N1CCNCC1. The largest absolute Gasteiger partial charge is 0.376 e. The molecule has 1 saturated heterocycles. The second-order valence-corrected chi connectivity index (χ2v) is 6.69. The van der Waals surface area contributed by atoms with Crippen molar-refractivity contribution in [3.8, 4) is 0 Å². The van der Waals surface area contributed by atoms with Gasteiger partial charge in [-0.2, -0.15) is 0 Å². The quantitative estimate of drug-likeness (QED) is 0.536.